The van der Waals surface area contributed by atoms with E-state index in [2.05, 4.69) is 31.0 Å². The summed E-state index contributed by atoms with van der Waals surface area (Å²) < 4.78 is 0. The lowest BCUT2D eigenvalue weighted by atomic mass is 10.3. The van der Waals surface area contributed by atoms with Gasteiger partial charge in [-0.05, 0) is 32.9 Å². The van der Waals surface area contributed by atoms with Crippen molar-refractivity contribution in [2.45, 2.75) is 39.7 Å². The summed E-state index contributed by atoms with van der Waals surface area (Å²) in [4.78, 5) is 16.2. The van der Waals surface area contributed by atoms with Crippen LogP contribution in [0.3, 0.4) is 0 Å². The average Bonchev–Trinajstić information content (AvgIpc) is 2.86. The van der Waals surface area contributed by atoms with Crippen LogP contribution < -0.4 is 5.32 Å². The fourth-order valence-electron chi connectivity index (χ4n) is 2.27. The van der Waals surface area contributed by atoms with Crippen molar-refractivity contribution >= 4 is 5.91 Å². The molecule has 1 amide bonds. The highest BCUT2D eigenvalue weighted by Crippen LogP contribution is 2.06. The van der Waals surface area contributed by atoms with Gasteiger partial charge in [0.1, 0.15) is 0 Å². The van der Waals surface area contributed by atoms with Gasteiger partial charge in [-0.25, -0.2) is 0 Å². The van der Waals surface area contributed by atoms with Gasteiger partial charge in [-0.15, -0.1) is 0 Å². The number of hydrogen-bond donors (Lipinski definition) is 1. The molecule has 1 fully saturated rings. The molecule has 1 rings (SSSR count). The minimum atomic E-state index is 0.258. The molecule has 0 bridgehead atoms. The zero-order chi connectivity index (χ0) is 12.7. The Labute approximate surface area is 105 Å². The van der Waals surface area contributed by atoms with Gasteiger partial charge in [0.2, 0.25) is 5.91 Å². The number of carbonyl (C=O) groups is 1. The van der Waals surface area contributed by atoms with E-state index < -0.39 is 0 Å². The lowest BCUT2D eigenvalue weighted by Gasteiger charge is -2.24. The minimum absolute atomic E-state index is 0.258. The first-order valence-corrected chi connectivity index (χ1v) is 6.90. The smallest absolute Gasteiger partial charge is 0.236 e. The summed E-state index contributed by atoms with van der Waals surface area (Å²) in [6, 6.07) is 0.376. The first kappa shape index (κ1) is 14.5. The molecule has 0 aromatic heterocycles. The maximum absolute atomic E-state index is 11.8. The third-order valence-corrected chi connectivity index (χ3v) is 3.49. The Hall–Kier alpha value is -0.610. The number of likely N-dealkylation sites (tertiary alicyclic amines) is 1. The molecule has 1 aliphatic heterocycles. The van der Waals surface area contributed by atoms with Gasteiger partial charge in [0.25, 0.3) is 0 Å². The fraction of sp³-hybridized carbons (Fsp3) is 0.923. The Morgan fingerprint density at radius 2 is 1.88 bits per heavy atom. The molecular formula is C13H27N3O. The Kier molecular flexibility index (Phi) is 6.52. The summed E-state index contributed by atoms with van der Waals surface area (Å²) in [5.41, 5.74) is 0. The number of carbonyl (C=O) groups excluding carboxylic acids is 1. The molecule has 1 N–H and O–H groups in total. The first-order chi connectivity index (χ1) is 8.17. The van der Waals surface area contributed by atoms with E-state index in [0.29, 0.717) is 12.6 Å². The molecule has 0 aromatic rings. The van der Waals surface area contributed by atoms with Crippen LogP contribution in [0.25, 0.3) is 0 Å². The van der Waals surface area contributed by atoms with E-state index in [1.165, 1.54) is 12.8 Å². The van der Waals surface area contributed by atoms with Crippen molar-refractivity contribution in [3.63, 3.8) is 0 Å². The number of amides is 1. The first-order valence-electron chi connectivity index (χ1n) is 6.90. The molecule has 0 saturated carbocycles. The highest BCUT2D eigenvalue weighted by atomic mass is 16.2. The largest absolute Gasteiger partial charge is 0.342 e. The van der Waals surface area contributed by atoms with E-state index in [-0.39, 0.29) is 5.91 Å². The third kappa shape index (κ3) is 5.04. The summed E-state index contributed by atoms with van der Waals surface area (Å²) >= 11 is 0. The molecule has 4 heteroatoms. The second kappa shape index (κ2) is 7.67. The highest BCUT2D eigenvalue weighted by Gasteiger charge is 2.18. The third-order valence-electron chi connectivity index (χ3n) is 3.49. The second-order valence-corrected chi connectivity index (χ2v) is 4.86. The lowest BCUT2D eigenvalue weighted by Crippen LogP contribution is -2.44. The molecular weight excluding hydrogens is 214 g/mol. The molecule has 17 heavy (non-hydrogen) atoms. The van der Waals surface area contributed by atoms with E-state index >= 15 is 0 Å². The average molecular weight is 241 g/mol. The van der Waals surface area contributed by atoms with Crippen molar-refractivity contribution in [1.29, 1.82) is 0 Å². The van der Waals surface area contributed by atoms with Gasteiger partial charge in [-0.2, -0.15) is 0 Å². The predicted molar refractivity (Wildman–Crippen MR) is 71.1 cm³/mol. The van der Waals surface area contributed by atoms with Crippen LogP contribution in [0, 0.1) is 0 Å². The maximum atomic E-state index is 11.8. The Morgan fingerprint density at radius 1 is 1.29 bits per heavy atom. The summed E-state index contributed by atoms with van der Waals surface area (Å²) in [6.07, 6.45) is 2.33. The van der Waals surface area contributed by atoms with Crippen molar-refractivity contribution in [1.82, 2.24) is 15.1 Å². The van der Waals surface area contributed by atoms with Gasteiger partial charge in [0.05, 0.1) is 6.54 Å². The molecule has 100 valence electrons. The van der Waals surface area contributed by atoms with Crippen LogP contribution in [0.2, 0.25) is 0 Å². The SMILES string of the molecule is CCN(CC)CC(C)NCC(=O)N1CCCC1. The van der Waals surface area contributed by atoms with Crippen molar-refractivity contribution in [3.05, 3.63) is 0 Å². The maximum Gasteiger partial charge on any atom is 0.236 e. The van der Waals surface area contributed by atoms with Gasteiger partial charge >= 0.3 is 0 Å². The monoisotopic (exact) mass is 241 g/mol. The van der Waals surface area contributed by atoms with E-state index in [0.717, 1.165) is 32.7 Å². The van der Waals surface area contributed by atoms with Gasteiger partial charge in [0, 0.05) is 25.7 Å². The zero-order valence-corrected chi connectivity index (χ0v) is 11.5. The molecule has 0 spiro atoms. The van der Waals surface area contributed by atoms with Gasteiger partial charge in [-0.1, -0.05) is 13.8 Å². The Balaban J connectivity index is 2.18. The molecule has 0 radical (unpaired) electrons. The van der Waals surface area contributed by atoms with Crippen LogP contribution in [-0.4, -0.2) is 61.0 Å². The van der Waals surface area contributed by atoms with Gasteiger partial charge < -0.3 is 15.1 Å². The topological polar surface area (TPSA) is 35.6 Å². The molecule has 1 atom stereocenters. The summed E-state index contributed by atoms with van der Waals surface area (Å²) in [5, 5.41) is 3.33. The van der Waals surface area contributed by atoms with E-state index in [4.69, 9.17) is 0 Å². The predicted octanol–water partition coefficient (Wildman–Crippen LogP) is 0.929. The standard InChI is InChI=1S/C13H27N3O/c1-4-15(5-2)11-12(3)14-10-13(17)16-8-6-7-9-16/h12,14H,4-11H2,1-3H3. The fourth-order valence-corrected chi connectivity index (χ4v) is 2.27. The minimum Gasteiger partial charge on any atom is -0.342 e. The molecule has 1 unspecified atom stereocenters. The quantitative estimate of drug-likeness (QED) is 0.720. The summed E-state index contributed by atoms with van der Waals surface area (Å²) in [7, 11) is 0. The molecule has 1 saturated heterocycles. The summed E-state index contributed by atoms with van der Waals surface area (Å²) in [5.74, 6) is 0.258. The molecule has 0 aliphatic carbocycles. The van der Waals surface area contributed by atoms with Crippen molar-refractivity contribution in [2.75, 3.05) is 39.3 Å². The summed E-state index contributed by atoms with van der Waals surface area (Å²) in [6.45, 7) is 12.0. The molecule has 1 aliphatic rings. The molecule has 1 heterocycles. The number of hydrogen-bond acceptors (Lipinski definition) is 3. The van der Waals surface area contributed by atoms with Crippen LogP contribution in [-0.2, 0) is 4.79 Å². The van der Waals surface area contributed by atoms with Crippen molar-refractivity contribution in [3.8, 4) is 0 Å². The van der Waals surface area contributed by atoms with E-state index in [1.54, 1.807) is 0 Å². The van der Waals surface area contributed by atoms with E-state index in [1.807, 2.05) is 4.90 Å². The number of likely N-dealkylation sites (N-methyl/N-ethyl adjacent to an activating group) is 1. The van der Waals surface area contributed by atoms with Crippen molar-refractivity contribution < 1.29 is 4.79 Å². The Morgan fingerprint density at radius 3 is 2.41 bits per heavy atom. The van der Waals surface area contributed by atoms with E-state index in [9.17, 15) is 4.79 Å². The number of nitrogens with zero attached hydrogens (tertiary/aromatic N) is 2. The van der Waals surface area contributed by atoms with Crippen molar-refractivity contribution in [2.24, 2.45) is 0 Å². The molecule has 4 nitrogen and oxygen atoms in total. The van der Waals surface area contributed by atoms with Gasteiger partial charge in [0.15, 0.2) is 0 Å². The van der Waals surface area contributed by atoms with Crippen LogP contribution >= 0.6 is 0 Å². The molecule has 0 aromatic carbocycles. The highest BCUT2D eigenvalue weighted by molar-refractivity contribution is 5.78. The van der Waals surface area contributed by atoms with Gasteiger partial charge in [-0.3, -0.25) is 4.79 Å². The van der Waals surface area contributed by atoms with Crippen LogP contribution in [0.4, 0.5) is 0 Å². The Bertz CT molecular complexity index is 223. The van der Waals surface area contributed by atoms with Crippen LogP contribution in [0.1, 0.15) is 33.6 Å². The number of nitrogens with one attached hydrogen (secondary N) is 1. The normalized spacial score (nSPS) is 17.8. The van der Waals surface area contributed by atoms with Crippen LogP contribution in [0.5, 0.6) is 0 Å². The second-order valence-electron chi connectivity index (χ2n) is 4.86. The lowest BCUT2D eigenvalue weighted by molar-refractivity contribution is -0.129. The van der Waals surface area contributed by atoms with Crippen LogP contribution in [0.15, 0.2) is 0 Å². The number of rotatable bonds is 7. The zero-order valence-electron chi connectivity index (χ0n) is 11.5.